The first kappa shape index (κ1) is 35.4. The van der Waals surface area contributed by atoms with Gasteiger partial charge in [-0.1, -0.05) is 25.1 Å². The van der Waals surface area contributed by atoms with Crippen LogP contribution in [0.15, 0.2) is 60.7 Å². The number of quaternary nitrogens is 1. The van der Waals surface area contributed by atoms with Crippen LogP contribution in [-0.4, -0.2) is 75.0 Å². The number of ether oxygens (including phenoxy) is 5. The second kappa shape index (κ2) is 14.2. The standard InChI is InChI=1S/C41H45IN2O7/c1-7-31(41(45)46)44(3)17-15-26-21-34(48-5)36-23-29(26)32(44)19-24-8-11-28(12-9-24)50-35-20-25(10-13-33(35)47-4)18-30-38-27(14-16-43(30)2)22-37(49-6)39(42)40(38)51-36/h8-13,20-23,30-32H,7,14-19H2,1-6H3/p+1. The molecule has 4 aliphatic rings. The Labute approximate surface area is 313 Å². The molecule has 6 bridgehead atoms. The summed E-state index contributed by atoms with van der Waals surface area (Å²) in [5, 5.41) is 10.5. The zero-order valence-corrected chi connectivity index (χ0v) is 32.3. The minimum Gasteiger partial charge on any atom is -0.495 e. The number of rotatable bonds is 6. The van der Waals surface area contributed by atoms with Crippen molar-refractivity contribution in [3.63, 3.8) is 0 Å². The molecule has 0 radical (unpaired) electrons. The maximum atomic E-state index is 12.8. The number of aliphatic carboxylic acids is 1. The Morgan fingerprint density at radius 1 is 0.902 bits per heavy atom. The molecule has 4 aromatic carbocycles. The van der Waals surface area contributed by atoms with Crippen LogP contribution in [0.1, 0.15) is 58.8 Å². The Morgan fingerprint density at radius 2 is 1.59 bits per heavy atom. The highest BCUT2D eigenvalue weighted by Crippen LogP contribution is 2.50. The van der Waals surface area contributed by atoms with Crippen LogP contribution in [0.4, 0.5) is 0 Å². The highest BCUT2D eigenvalue weighted by molar-refractivity contribution is 14.1. The van der Waals surface area contributed by atoms with Crippen molar-refractivity contribution < 1.29 is 38.1 Å². The molecule has 0 amide bonds. The van der Waals surface area contributed by atoms with Gasteiger partial charge in [-0.05, 0) is 107 Å². The van der Waals surface area contributed by atoms with Crippen LogP contribution < -0.4 is 23.7 Å². The molecule has 0 saturated carbocycles. The molecule has 4 heterocycles. The molecule has 0 spiro atoms. The van der Waals surface area contributed by atoms with Crippen molar-refractivity contribution >= 4 is 28.6 Å². The average molecular weight is 806 g/mol. The molecular formula is C41H46IN2O7+. The van der Waals surface area contributed by atoms with E-state index in [9.17, 15) is 9.90 Å². The van der Waals surface area contributed by atoms with Gasteiger partial charge in [0.2, 0.25) is 0 Å². The normalized spacial score (nSPS) is 21.6. The molecule has 0 aromatic heterocycles. The molecule has 0 fully saturated rings. The highest BCUT2D eigenvalue weighted by atomic mass is 127. The molecular weight excluding hydrogens is 759 g/mol. The lowest BCUT2D eigenvalue weighted by atomic mass is 9.84. The van der Waals surface area contributed by atoms with Crippen molar-refractivity contribution in [2.24, 2.45) is 0 Å². The number of hydrogen-bond acceptors (Lipinski definition) is 7. The van der Waals surface area contributed by atoms with Crippen molar-refractivity contribution in [3.05, 3.63) is 97.6 Å². The van der Waals surface area contributed by atoms with E-state index in [0.717, 1.165) is 62.3 Å². The van der Waals surface area contributed by atoms with E-state index in [2.05, 4.69) is 84.1 Å². The van der Waals surface area contributed by atoms with Gasteiger partial charge in [0.1, 0.15) is 23.3 Å². The van der Waals surface area contributed by atoms with Gasteiger partial charge in [-0.2, -0.15) is 0 Å². The molecule has 4 aromatic rings. The van der Waals surface area contributed by atoms with Crippen molar-refractivity contribution in [1.82, 2.24) is 4.90 Å². The highest BCUT2D eigenvalue weighted by Gasteiger charge is 2.47. The molecule has 51 heavy (non-hydrogen) atoms. The summed E-state index contributed by atoms with van der Waals surface area (Å²) in [6, 6.07) is 19.9. The lowest BCUT2D eigenvalue weighted by molar-refractivity contribution is -0.956. The fourth-order valence-electron chi connectivity index (χ4n) is 8.49. The second-order valence-electron chi connectivity index (χ2n) is 14.1. The van der Waals surface area contributed by atoms with E-state index in [-0.39, 0.29) is 12.1 Å². The smallest absolute Gasteiger partial charge is 0.362 e. The summed E-state index contributed by atoms with van der Waals surface area (Å²) in [7, 11) is 9.30. The summed E-state index contributed by atoms with van der Waals surface area (Å²) in [5.41, 5.74) is 6.75. The maximum absolute atomic E-state index is 12.8. The van der Waals surface area contributed by atoms with Crippen molar-refractivity contribution in [2.75, 3.05) is 48.5 Å². The molecule has 0 aliphatic carbocycles. The largest absolute Gasteiger partial charge is 0.495 e. The molecule has 9 nitrogen and oxygen atoms in total. The van der Waals surface area contributed by atoms with Crippen molar-refractivity contribution in [3.8, 4) is 40.2 Å². The van der Waals surface area contributed by atoms with Gasteiger partial charge in [0.25, 0.3) is 0 Å². The molecule has 10 heteroatoms. The number of halogens is 1. The number of carboxylic acids is 1. The van der Waals surface area contributed by atoms with Gasteiger partial charge in [-0.3, -0.25) is 4.90 Å². The van der Waals surface area contributed by atoms with E-state index in [1.54, 1.807) is 21.3 Å². The van der Waals surface area contributed by atoms with E-state index in [4.69, 9.17) is 23.7 Å². The topological polar surface area (TPSA) is 86.7 Å². The third kappa shape index (κ3) is 6.40. The number of carboxylic acid groups (broad SMARTS) is 1. The molecule has 0 saturated heterocycles. The first-order chi connectivity index (χ1) is 24.6. The van der Waals surface area contributed by atoms with Gasteiger partial charge in [0.15, 0.2) is 29.0 Å². The van der Waals surface area contributed by atoms with Gasteiger partial charge in [0, 0.05) is 43.0 Å². The van der Waals surface area contributed by atoms with E-state index >= 15 is 0 Å². The van der Waals surface area contributed by atoms with E-state index in [0.29, 0.717) is 59.0 Å². The molecule has 1 N–H and O–H groups in total. The predicted octanol–water partition coefficient (Wildman–Crippen LogP) is 8.14. The van der Waals surface area contributed by atoms with Crippen molar-refractivity contribution in [1.29, 1.82) is 0 Å². The van der Waals surface area contributed by atoms with Crippen LogP contribution in [0, 0.1) is 3.57 Å². The fraction of sp³-hybridized carbons (Fsp3) is 0.390. The quantitative estimate of drug-likeness (QED) is 0.155. The van der Waals surface area contributed by atoms with Gasteiger partial charge in [0.05, 0.1) is 38.5 Å². The summed E-state index contributed by atoms with van der Waals surface area (Å²) in [5.74, 6) is 4.01. The number of methoxy groups -OCH3 is 3. The monoisotopic (exact) mass is 805 g/mol. The van der Waals surface area contributed by atoms with Gasteiger partial charge in [-0.15, -0.1) is 0 Å². The number of likely N-dealkylation sites (N-methyl/N-ethyl adjacent to an activating group) is 2. The Hall–Kier alpha value is -4.00. The van der Waals surface area contributed by atoms with Gasteiger partial charge >= 0.3 is 5.97 Å². The lowest BCUT2D eigenvalue weighted by Crippen LogP contribution is -2.60. The lowest BCUT2D eigenvalue weighted by Gasteiger charge is -2.49. The number of benzene rings is 4. The predicted molar refractivity (Wildman–Crippen MR) is 204 cm³/mol. The average Bonchev–Trinajstić information content (AvgIpc) is 3.12. The zero-order valence-electron chi connectivity index (χ0n) is 30.1. The molecule has 4 unspecified atom stereocenters. The zero-order chi connectivity index (χ0) is 36.0. The van der Waals surface area contributed by atoms with Crippen molar-refractivity contribution in [2.45, 2.75) is 57.2 Å². The van der Waals surface area contributed by atoms with Crippen LogP contribution in [0.5, 0.6) is 40.2 Å². The Balaban J connectivity index is 1.48. The molecule has 4 atom stereocenters. The summed E-state index contributed by atoms with van der Waals surface area (Å²) < 4.78 is 32.6. The van der Waals surface area contributed by atoms with Crippen LogP contribution in [0.2, 0.25) is 0 Å². The Bertz CT molecular complexity index is 1970. The summed E-state index contributed by atoms with van der Waals surface area (Å²) in [6.07, 6.45) is 3.46. The molecule has 4 aliphatic heterocycles. The minimum absolute atomic E-state index is 0.000193. The van der Waals surface area contributed by atoms with Crippen LogP contribution in [-0.2, 0) is 30.5 Å². The fourth-order valence-corrected chi connectivity index (χ4v) is 9.26. The van der Waals surface area contributed by atoms with Crippen LogP contribution in [0.25, 0.3) is 0 Å². The number of nitrogens with zero attached hydrogens (tertiary/aromatic N) is 2. The molecule has 268 valence electrons. The number of fused-ring (bicyclic) bond motifs is 2. The van der Waals surface area contributed by atoms with E-state index in [1.807, 2.05) is 25.1 Å². The first-order valence-corrected chi connectivity index (χ1v) is 18.7. The Kier molecular flexibility index (Phi) is 9.86. The Morgan fingerprint density at radius 3 is 2.27 bits per heavy atom. The number of hydrogen-bond donors (Lipinski definition) is 1. The third-order valence-electron chi connectivity index (χ3n) is 11.3. The number of carbonyl (C=O) groups is 1. The van der Waals surface area contributed by atoms with E-state index in [1.165, 1.54) is 5.56 Å². The maximum Gasteiger partial charge on any atom is 0.362 e. The summed E-state index contributed by atoms with van der Waals surface area (Å²) >= 11 is 2.34. The second-order valence-corrected chi connectivity index (χ2v) is 15.2. The van der Waals surface area contributed by atoms with Gasteiger partial charge < -0.3 is 33.3 Å². The molecule has 8 rings (SSSR count). The van der Waals surface area contributed by atoms with Gasteiger partial charge in [-0.25, -0.2) is 4.79 Å². The minimum atomic E-state index is -0.777. The summed E-state index contributed by atoms with van der Waals surface area (Å²) in [6.45, 7) is 3.55. The SMILES string of the molecule is CCC(C(=O)O)[N+]1(C)CCc2cc(OC)c3cc2C1Cc1ccc(cc1)Oc1cc(ccc1OC)CC1c2c(cc(OC)c(I)c2O3)CCN1C. The van der Waals surface area contributed by atoms with Crippen LogP contribution in [0.3, 0.4) is 0 Å². The summed E-state index contributed by atoms with van der Waals surface area (Å²) in [4.78, 5) is 15.2. The third-order valence-corrected chi connectivity index (χ3v) is 12.3. The van der Waals surface area contributed by atoms with Crippen LogP contribution >= 0.6 is 22.6 Å². The van der Waals surface area contributed by atoms with E-state index < -0.39 is 12.0 Å². The first-order valence-electron chi connectivity index (χ1n) is 17.6.